The second-order valence-electron chi connectivity index (χ2n) is 4.15. The van der Waals surface area contributed by atoms with Crippen molar-refractivity contribution in [2.75, 3.05) is 26.0 Å². The fourth-order valence-electron chi connectivity index (χ4n) is 1.38. The predicted octanol–water partition coefficient (Wildman–Crippen LogP) is 3.24. The Balaban J connectivity index is 2.72. The van der Waals surface area contributed by atoms with Crippen molar-refractivity contribution in [3.8, 4) is 5.75 Å². The van der Waals surface area contributed by atoms with E-state index >= 15 is 0 Å². The van der Waals surface area contributed by atoms with Crippen molar-refractivity contribution in [3.63, 3.8) is 0 Å². The Bertz CT molecular complexity index is 478. The Hall–Kier alpha value is -1.44. The summed E-state index contributed by atoms with van der Waals surface area (Å²) in [6.45, 7) is 0.215. The smallest absolute Gasteiger partial charge is 0.404 e. The molecular formula is C12H14BrF3N2O2. The number of carbonyl (C=O) groups excluding carboxylic acids is 1. The number of benzene rings is 1. The summed E-state index contributed by atoms with van der Waals surface area (Å²) in [6.07, 6.45) is -4.59. The van der Waals surface area contributed by atoms with Crippen LogP contribution >= 0.6 is 15.9 Å². The van der Waals surface area contributed by atoms with Crippen LogP contribution in [0.4, 0.5) is 18.9 Å². The van der Waals surface area contributed by atoms with Gasteiger partial charge in [0, 0.05) is 31.5 Å². The fourth-order valence-corrected chi connectivity index (χ4v) is 1.72. The Morgan fingerprint density at radius 2 is 2.05 bits per heavy atom. The number of nitrogens with zero attached hydrogens (tertiary/aromatic N) is 1. The maximum Gasteiger partial charge on any atom is 0.573 e. The Morgan fingerprint density at radius 3 is 2.60 bits per heavy atom. The van der Waals surface area contributed by atoms with E-state index in [2.05, 4.69) is 26.0 Å². The van der Waals surface area contributed by atoms with Gasteiger partial charge in [-0.2, -0.15) is 0 Å². The fraction of sp³-hybridized carbons (Fsp3) is 0.417. The average molecular weight is 355 g/mol. The van der Waals surface area contributed by atoms with Crippen molar-refractivity contribution < 1.29 is 22.7 Å². The minimum atomic E-state index is -4.77. The van der Waals surface area contributed by atoms with E-state index in [1.54, 1.807) is 20.2 Å². The molecule has 112 valence electrons. The average Bonchev–Trinajstić information content (AvgIpc) is 2.29. The number of hydrogen-bond donors (Lipinski definition) is 1. The summed E-state index contributed by atoms with van der Waals surface area (Å²) in [5.41, 5.74) is 0.178. The molecule has 0 fully saturated rings. The number of rotatable bonds is 5. The van der Waals surface area contributed by atoms with Crippen LogP contribution in [0, 0.1) is 0 Å². The monoisotopic (exact) mass is 354 g/mol. The summed E-state index contributed by atoms with van der Waals surface area (Å²) in [5, 5.41) is 2.76. The molecule has 0 saturated carbocycles. The van der Waals surface area contributed by atoms with Crippen LogP contribution in [-0.2, 0) is 4.79 Å². The van der Waals surface area contributed by atoms with Crippen LogP contribution < -0.4 is 10.1 Å². The van der Waals surface area contributed by atoms with E-state index in [-0.39, 0.29) is 30.3 Å². The van der Waals surface area contributed by atoms with Crippen LogP contribution in [0.1, 0.15) is 6.42 Å². The molecule has 1 aromatic carbocycles. The first kappa shape index (κ1) is 16.6. The van der Waals surface area contributed by atoms with E-state index in [0.717, 1.165) is 0 Å². The van der Waals surface area contributed by atoms with Crippen LogP contribution in [0.3, 0.4) is 0 Å². The van der Waals surface area contributed by atoms with Gasteiger partial charge in [0.2, 0.25) is 5.91 Å². The van der Waals surface area contributed by atoms with Crippen LogP contribution in [0.15, 0.2) is 22.7 Å². The van der Waals surface area contributed by atoms with Crippen molar-refractivity contribution in [3.05, 3.63) is 22.7 Å². The molecule has 1 amide bonds. The van der Waals surface area contributed by atoms with Gasteiger partial charge in [0.1, 0.15) is 0 Å². The number of nitrogens with one attached hydrogen (secondary N) is 1. The molecule has 0 radical (unpaired) electrons. The van der Waals surface area contributed by atoms with Gasteiger partial charge in [0.15, 0.2) is 5.75 Å². The summed E-state index contributed by atoms with van der Waals surface area (Å²) < 4.78 is 41.2. The molecule has 4 nitrogen and oxygen atoms in total. The summed E-state index contributed by atoms with van der Waals surface area (Å²) in [4.78, 5) is 12.8. The van der Waals surface area contributed by atoms with Crippen molar-refractivity contribution in [1.29, 1.82) is 0 Å². The molecule has 0 aliphatic heterocycles. The lowest BCUT2D eigenvalue weighted by Crippen LogP contribution is -2.24. The lowest BCUT2D eigenvalue weighted by molar-refractivity contribution is -0.274. The molecule has 0 aliphatic carbocycles. The first-order valence-electron chi connectivity index (χ1n) is 5.68. The highest BCUT2D eigenvalue weighted by molar-refractivity contribution is 9.10. The number of hydrogen-bond acceptors (Lipinski definition) is 3. The minimum absolute atomic E-state index is 0.118. The highest BCUT2D eigenvalue weighted by Gasteiger charge is 2.32. The second-order valence-corrected chi connectivity index (χ2v) is 5.07. The van der Waals surface area contributed by atoms with Crippen LogP contribution in [0.25, 0.3) is 0 Å². The Labute approximate surface area is 123 Å². The summed E-state index contributed by atoms with van der Waals surface area (Å²) in [6, 6.07) is 4.24. The third kappa shape index (κ3) is 5.68. The number of halogens is 4. The molecule has 20 heavy (non-hydrogen) atoms. The normalized spacial score (nSPS) is 11.1. The van der Waals surface area contributed by atoms with E-state index in [4.69, 9.17) is 0 Å². The van der Waals surface area contributed by atoms with Gasteiger partial charge in [-0.25, -0.2) is 0 Å². The first-order chi connectivity index (χ1) is 9.19. The summed E-state index contributed by atoms with van der Waals surface area (Å²) in [7, 11) is 3.22. The zero-order valence-corrected chi connectivity index (χ0v) is 12.5. The standard InChI is InChI=1S/C12H14BrF3N2O2/c1-18(2)11(19)5-6-17-9-4-3-8(13)7-10(9)20-12(14,15)16/h3-4,7,17H,5-6H2,1-2H3. The van der Waals surface area contributed by atoms with Crippen LogP contribution in [0.5, 0.6) is 5.75 Å². The molecule has 1 rings (SSSR count). The third-order valence-electron chi connectivity index (χ3n) is 2.32. The molecule has 8 heteroatoms. The molecule has 0 heterocycles. The second kappa shape index (κ2) is 6.83. The Kier molecular flexibility index (Phi) is 5.67. The number of ether oxygens (including phenoxy) is 1. The third-order valence-corrected chi connectivity index (χ3v) is 2.82. The van der Waals surface area contributed by atoms with Crippen molar-refractivity contribution in [2.24, 2.45) is 0 Å². The molecular weight excluding hydrogens is 341 g/mol. The number of alkyl halides is 3. The quantitative estimate of drug-likeness (QED) is 0.882. The van der Waals surface area contributed by atoms with E-state index < -0.39 is 6.36 Å². The maximum atomic E-state index is 12.3. The zero-order chi connectivity index (χ0) is 15.3. The van der Waals surface area contributed by atoms with Crippen LogP contribution in [0.2, 0.25) is 0 Å². The van der Waals surface area contributed by atoms with Gasteiger partial charge in [0.05, 0.1) is 5.69 Å². The highest BCUT2D eigenvalue weighted by Crippen LogP contribution is 2.32. The summed E-state index contributed by atoms with van der Waals surface area (Å²) >= 11 is 3.08. The molecule has 1 N–H and O–H groups in total. The summed E-state index contributed by atoms with van der Waals surface area (Å²) in [5.74, 6) is -0.461. The van der Waals surface area contributed by atoms with Gasteiger partial charge < -0.3 is 15.0 Å². The van der Waals surface area contributed by atoms with Crippen molar-refractivity contribution in [2.45, 2.75) is 12.8 Å². The van der Waals surface area contributed by atoms with Gasteiger partial charge in [-0.1, -0.05) is 15.9 Å². The molecule has 1 aromatic rings. The van der Waals surface area contributed by atoms with E-state index in [1.165, 1.54) is 17.0 Å². The molecule has 0 unspecified atom stereocenters. The minimum Gasteiger partial charge on any atom is -0.404 e. The molecule has 0 spiro atoms. The van der Waals surface area contributed by atoms with E-state index in [0.29, 0.717) is 4.47 Å². The van der Waals surface area contributed by atoms with Crippen molar-refractivity contribution >= 4 is 27.5 Å². The van der Waals surface area contributed by atoms with E-state index in [1.807, 2.05) is 0 Å². The van der Waals surface area contributed by atoms with Crippen molar-refractivity contribution in [1.82, 2.24) is 4.90 Å². The zero-order valence-electron chi connectivity index (χ0n) is 10.9. The topological polar surface area (TPSA) is 41.6 Å². The molecule has 0 aromatic heterocycles. The lowest BCUT2D eigenvalue weighted by atomic mass is 10.3. The number of anilines is 1. The van der Waals surface area contributed by atoms with Gasteiger partial charge in [-0.05, 0) is 18.2 Å². The first-order valence-corrected chi connectivity index (χ1v) is 6.47. The molecule has 0 saturated heterocycles. The van der Waals surface area contributed by atoms with Gasteiger partial charge in [-0.15, -0.1) is 13.2 Å². The van der Waals surface area contributed by atoms with Gasteiger partial charge in [-0.3, -0.25) is 4.79 Å². The Morgan fingerprint density at radius 1 is 1.40 bits per heavy atom. The molecule has 0 aliphatic rings. The SMILES string of the molecule is CN(C)C(=O)CCNc1ccc(Br)cc1OC(F)(F)F. The highest BCUT2D eigenvalue weighted by atomic mass is 79.9. The van der Waals surface area contributed by atoms with Gasteiger partial charge in [0.25, 0.3) is 0 Å². The van der Waals surface area contributed by atoms with E-state index in [9.17, 15) is 18.0 Å². The number of amides is 1. The molecule has 0 atom stereocenters. The molecule has 0 bridgehead atoms. The lowest BCUT2D eigenvalue weighted by Gasteiger charge is -2.15. The maximum absolute atomic E-state index is 12.3. The van der Waals surface area contributed by atoms with Gasteiger partial charge >= 0.3 is 6.36 Å². The largest absolute Gasteiger partial charge is 0.573 e. The predicted molar refractivity (Wildman–Crippen MR) is 72.6 cm³/mol. The van der Waals surface area contributed by atoms with Crippen LogP contribution in [-0.4, -0.2) is 37.8 Å². The number of carbonyl (C=O) groups is 1.